The molecule has 7 nitrogen and oxygen atoms in total. The molecule has 0 radical (unpaired) electrons. The van der Waals surface area contributed by atoms with Crippen molar-refractivity contribution in [3.05, 3.63) is 58.4 Å². The maximum atomic E-state index is 13.3. The molecule has 1 saturated heterocycles. The van der Waals surface area contributed by atoms with E-state index in [0.29, 0.717) is 53.3 Å². The quantitative estimate of drug-likeness (QED) is 0.635. The summed E-state index contributed by atoms with van der Waals surface area (Å²) >= 11 is 0. The number of fused-ring (bicyclic) bond motifs is 3. The second kappa shape index (κ2) is 7.14. The molecule has 0 bridgehead atoms. The highest BCUT2D eigenvalue weighted by Crippen LogP contribution is 2.35. The Morgan fingerprint density at radius 1 is 1.13 bits per heavy atom. The molecular weight excluding hydrogens is 406 g/mol. The summed E-state index contributed by atoms with van der Waals surface area (Å²) < 4.78 is 40.9. The molecule has 30 heavy (non-hydrogen) atoms. The standard InChI is InChI=1S/C22H21NO6S/c1-27-19-5-3-2-4-15(19)18-11-28-22-16(21(18)24)6-7-20-17(22)10-23(13-29-20)14-8-9-30(25,26)12-14/h2-7,11,14H,8-10,12-13H2,1H3/t14-/m1/s1. The fourth-order valence-electron chi connectivity index (χ4n) is 4.28. The molecule has 0 aliphatic carbocycles. The monoisotopic (exact) mass is 427 g/mol. The van der Waals surface area contributed by atoms with Gasteiger partial charge in [0.15, 0.2) is 9.84 Å². The zero-order chi connectivity index (χ0) is 20.9. The second-order valence-electron chi connectivity index (χ2n) is 7.67. The lowest BCUT2D eigenvalue weighted by Crippen LogP contribution is -2.41. The number of hydrogen-bond donors (Lipinski definition) is 0. The second-order valence-corrected chi connectivity index (χ2v) is 9.90. The summed E-state index contributed by atoms with van der Waals surface area (Å²) in [6.45, 7) is 0.798. The van der Waals surface area contributed by atoms with Crippen molar-refractivity contribution in [2.75, 3.05) is 25.3 Å². The number of para-hydroxylation sites is 1. The van der Waals surface area contributed by atoms with Crippen molar-refractivity contribution in [1.29, 1.82) is 0 Å². The Hall–Kier alpha value is -2.84. The average Bonchev–Trinajstić information content (AvgIpc) is 3.13. The summed E-state index contributed by atoms with van der Waals surface area (Å²) in [6, 6.07) is 10.7. The molecule has 0 saturated carbocycles. The van der Waals surface area contributed by atoms with Crippen LogP contribution in [0, 0.1) is 0 Å². The lowest BCUT2D eigenvalue weighted by Gasteiger charge is -2.33. The Bertz CT molecular complexity index is 1300. The van der Waals surface area contributed by atoms with E-state index in [-0.39, 0.29) is 23.0 Å². The van der Waals surface area contributed by atoms with Gasteiger partial charge in [0, 0.05) is 18.2 Å². The number of rotatable bonds is 3. The van der Waals surface area contributed by atoms with Crippen molar-refractivity contribution in [3.8, 4) is 22.6 Å². The molecule has 2 aliphatic heterocycles. The van der Waals surface area contributed by atoms with Crippen LogP contribution >= 0.6 is 0 Å². The first-order valence-corrected chi connectivity index (χ1v) is 11.6. The zero-order valence-electron chi connectivity index (χ0n) is 16.5. The molecule has 0 amide bonds. The summed E-state index contributed by atoms with van der Waals surface area (Å²) in [7, 11) is -1.43. The van der Waals surface area contributed by atoms with Crippen molar-refractivity contribution in [2.24, 2.45) is 0 Å². The minimum absolute atomic E-state index is 0.0852. The smallest absolute Gasteiger partial charge is 0.200 e. The molecular formula is C22H21NO6S. The molecule has 1 fully saturated rings. The third-order valence-corrected chi connectivity index (χ3v) is 7.62. The van der Waals surface area contributed by atoms with Crippen LogP contribution in [0.4, 0.5) is 0 Å². The highest BCUT2D eigenvalue weighted by Gasteiger charge is 2.35. The van der Waals surface area contributed by atoms with Gasteiger partial charge in [0.2, 0.25) is 5.43 Å². The number of sulfone groups is 1. The molecule has 2 aliphatic rings. The average molecular weight is 427 g/mol. The van der Waals surface area contributed by atoms with Crippen LogP contribution < -0.4 is 14.9 Å². The van der Waals surface area contributed by atoms with Gasteiger partial charge in [0.25, 0.3) is 0 Å². The Kier molecular flexibility index (Phi) is 4.56. The van der Waals surface area contributed by atoms with Gasteiger partial charge >= 0.3 is 0 Å². The van der Waals surface area contributed by atoms with Crippen molar-refractivity contribution < 1.29 is 22.3 Å². The van der Waals surface area contributed by atoms with Crippen molar-refractivity contribution >= 4 is 20.8 Å². The highest BCUT2D eigenvalue weighted by atomic mass is 32.2. The number of benzene rings is 2. The lowest BCUT2D eigenvalue weighted by atomic mass is 10.0. The highest BCUT2D eigenvalue weighted by molar-refractivity contribution is 7.91. The van der Waals surface area contributed by atoms with Gasteiger partial charge in [-0.3, -0.25) is 9.69 Å². The van der Waals surface area contributed by atoms with E-state index in [1.54, 1.807) is 25.3 Å². The van der Waals surface area contributed by atoms with Crippen LogP contribution in [0.3, 0.4) is 0 Å². The van der Waals surface area contributed by atoms with E-state index in [2.05, 4.69) is 0 Å². The molecule has 3 aromatic rings. The van der Waals surface area contributed by atoms with Crippen LogP contribution in [0.25, 0.3) is 22.1 Å². The van der Waals surface area contributed by atoms with E-state index in [9.17, 15) is 13.2 Å². The first kappa shape index (κ1) is 19.1. The lowest BCUT2D eigenvalue weighted by molar-refractivity contribution is 0.0649. The molecule has 0 spiro atoms. The van der Waals surface area contributed by atoms with Gasteiger partial charge in [0.1, 0.15) is 30.1 Å². The van der Waals surface area contributed by atoms with E-state index in [4.69, 9.17) is 13.9 Å². The maximum absolute atomic E-state index is 13.3. The summed E-state index contributed by atoms with van der Waals surface area (Å²) in [5, 5.41) is 0.460. The first-order chi connectivity index (χ1) is 14.5. The van der Waals surface area contributed by atoms with Crippen LogP contribution in [0.15, 0.2) is 51.9 Å². The molecule has 0 N–H and O–H groups in total. The van der Waals surface area contributed by atoms with Crippen molar-refractivity contribution in [2.45, 2.75) is 19.0 Å². The third kappa shape index (κ3) is 3.16. The van der Waals surface area contributed by atoms with E-state index in [1.165, 1.54) is 6.26 Å². The van der Waals surface area contributed by atoms with Gasteiger partial charge in [-0.25, -0.2) is 8.42 Å². The van der Waals surface area contributed by atoms with Gasteiger partial charge in [-0.15, -0.1) is 0 Å². The molecule has 8 heteroatoms. The molecule has 0 unspecified atom stereocenters. The van der Waals surface area contributed by atoms with Crippen molar-refractivity contribution in [3.63, 3.8) is 0 Å². The predicted octanol–water partition coefficient (Wildman–Crippen LogP) is 2.81. The Morgan fingerprint density at radius 2 is 1.97 bits per heavy atom. The van der Waals surface area contributed by atoms with Crippen LogP contribution in [0.5, 0.6) is 11.5 Å². The van der Waals surface area contributed by atoms with E-state index in [1.807, 2.05) is 23.1 Å². The SMILES string of the molecule is COc1ccccc1-c1coc2c3c(ccc2c1=O)OCN([C@@H]1CCS(=O)(=O)C1)C3. The van der Waals surface area contributed by atoms with Crippen LogP contribution in [-0.4, -0.2) is 44.7 Å². The normalized spacial score (nSPS) is 20.6. The van der Waals surface area contributed by atoms with Crippen LogP contribution in [0.2, 0.25) is 0 Å². The van der Waals surface area contributed by atoms with Gasteiger partial charge in [-0.05, 0) is 24.6 Å². The minimum Gasteiger partial charge on any atom is -0.496 e. The van der Waals surface area contributed by atoms with E-state index < -0.39 is 9.84 Å². The van der Waals surface area contributed by atoms with Gasteiger partial charge in [-0.2, -0.15) is 0 Å². The molecule has 156 valence electrons. The number of hydrogen-bond acceptors (Lipinski definition) is 7. The maximum Gasteiger partial charge on any atom is 0.200 e. The Morgan fingerprint density at radius 3 is 2.73 bits per heavy atom. The Labute approximate surface area is 173 Å². The largest absolute Gasteiger partial charge is 0.496 e. The topological polar surface area (TPSA) is 86.1 Å². The Balaban J connectivity index is 1.57. The van der Waals surface area contributed by atoms with Crippen LogP contribution in [0.1, 0.15) is 12.0 Å². The summed E-state index contributed by atoms with van der Waals surface area (Å²) in [5.74, 6) is 1.60. The van der Waals surface area contributed by atoms with Gasteiger partial charge < -0.3 is 13.9 Å². The number of methoxy groups -OCH3 is 1. The summed E-state index contributed by atoms with van der Waals surface area (Å²) in [6.07, 6.45) is 2.05. The zero-order valence-corrected chi connectivity index (χ0v) is 17.3. The predicted molar refractivity (Wildman–Crippen MR) is 113 cm³/mol. The molecule has 5 rings (SSSR count). The number of ether oxygens (including phenoxy) is 2. The van der Waals surface area contributed by atoms with Gasteiger partial charge in [0.05, 0.1) is 35.1 Å². The molecule has 1 atom stereocenters. The molecule has 1 aromatic heterocycles. The fraction of sp³-hybridized carbons (Fsp3) is 0.318. The fourth-order valence-corrected chi connectivity index (χ4v) is 6.04. The summed E-state index contributed by atoms with van der Waals surface area (Å²) in [5.41, 5.74) is 2.19. The molecule has 2 aromatic carbocycles. The minimum atomic E-state index is -3.00. The van der Waals surface area contributed by atoms with Crippen molar-refractivity contribution in [1.82, 2.24) is 4.90 Å². The number of nitrogens with zero attached hydrogens (tertiary/aromatic N) is 1. The third-order valence-electron chi connectivity index (χ3n) is 5.87. The van der Waals surface area contributed by atoms with Crippen LogP contribution in [-0.2, 0) is 16.4 Å². The molecule has 3 heterocycles. The van der Waals surface area contributed by atoms with E-state index in [0.717, 1.165) is 5.56 Å². The first-order valence-electron chi connectivity index (χ1n) is 9.75. The summed E-state index contributed by atoms with van der Waals surface area (Å²) in [4.78, 5) is 15.3. The van der Waals surface area contributed by atoms with Gasteiger partial charge in [-0.1, -0.05) is 18.2 Å². The van der Waals surface area contributed by atoms with E-state index >= 15 is 0 Å².